The molecular formula is C46H35N9O6S3. The fraction of sp³-hybridized carbons (Fsp3) is 0.0652. The third-order valence-electron chi connectivity index (χ3n) is 10.2. The van der Waals surface area contributed by atoms with E-state index in [9.17, 15) is 26.4 Å². The number of pyridine rings is 2. The van der Waals surface area contributed by atoms with Crippen molar-refractivity contribution in [2.24, 2.45) is 7.05 Å². The van der Waals surface area contributed by atoms with Crippen molar-refractivity contribution in [3.05, 3.63) is 180 Å². The van der Waals surface area contributed by atoms with Gasteiger partial charge in [0, 0.05) is 80.5 Å². The Balaban J connectivity index is 0.000000162. The van der Waals surface area contributed by atoms with Gasteiger partial charge in [0.1, 0.15) is 0 Å². The van der Waals surface area contributed by atoms with Crippen LogP contribution in [-0.4, -0.2) is 62.8 Å². The molecule has 10 rings (SSSR count). The zero-order valence-corrected chi connectivity index (χ0v) is 36.2. The average Bonchev–Trinajstić information content (AvgIpc) is 4.08. The van der Waals surface area contributed by atoms with Crippen molar-refractivity contribution in [3.63, 3.8) is 0 Å². The molecule has 0 fully saturated rings. The van der Waals surface area contributed by atoms with Crippen LogP contribution >= 0.6 is 11.3 Å². The summed E-state index contributed by atoms with van der Waals surface area (Å²) in [7, 11) is -5.56. The number of para-hydroxylation sites is 1. The lowest BCUT2D eigenvalue weighted by Crippen LogP contribution is -2.23. The highest BCUT2D eigenvalue weighted by Crippen LogP contribution is 2.27. The van der Waals surface area contributed by atoms with Crippen LogP contribution in [0.4, 0.5) is 0 Å². The van der Waals surface area contributed by atoms with Gasteiger partial charge in [-0.05, 0) is 83.2 Å². The first-order chi connectivity index (χ1) is 30.9. The van der Waals surface area contributed by atoms with Gasteiger partial charge in [0.05, 0.1) is 45.8 Å². The van der Waals surface area contributed by atoms with E-state index in [1.165, 1.54) is 35.9 Å². The Morgan fingerprint density at radius 1 is 0.609 bits per heavy atom. The van der Waals surface area contributed by atoms with Crippen molar-refractivity contribution in [2.45, 2.75) is 32.7 Å². The summed E-state index contributed by atoms with van der Waals surface area (Å²) < 4.78 is 56.3. The Morgan fingerprint density at radius 2 is 1.28 bits per heavy atom. The van der Waals surface area contributed by atoms with Gasteiger partial charge < -0.3 is 10.6 Å². The molecule has 0 aliphatic rings. The van der Waals surface area contributed by atoms with Gasteiger partial charge in [-0.2, -0.15) is 5.10 Å². The van der Waals surface area contributed by atoms with E-state index in [4.69, 9.17) is 0 Å². The summed E-state index contributed by atoms with van der Waals surface area (Å²) in [6, 6.07) is 30.6. The number of hydrogen-bond acceptors (Lipinski definition) is 12. The minimum Gasteiger partial charge on any atom is -0.348 e. The summed E-state index contributed by atoms with van der Waals surface area (Å²) in [6.07, 6.45) is 13.0. The Kier molecular flexibility index (Phi) is 11.2. The van der Waals surface area contributed by atoms with E-state index in [1.807, 2.05) is 36.4 Å². The normalized spacial score (nSPS) is 11.7. The highest BCUT2D eigenvalue weighted by Gasteiger charge is 2.20. The maximum absolute atomic E-state index is 13.0. The molecule has 0 aliphatic carbocycles. The van der Waals surface area contributed by atoms with Crippen LogP contribution in [0.1, 0.15) is 31.2 Å². The number of carbonyl (C=O) groups excluding carboxylic acids is 2. The molecule has 0 radical (unpaired) electrons. The van der Waals surface area contributed by atoms with E-state index < -0.39 is 19.7 Å². The number of nitrogens with zero attached hydrogens (tertiary/aromatic N) is 7. The molecule has 0 saturated heterocycles. The van der Waals surface area contributed by atoms with Crippen LogP contribution in [0.3, 0.4) is 0 Å². The number of aromatic nitrogens is 7. The van der Waals surface area contributed by atoms with E-state index in [2.05, 4.69) is 35.7 Å². The molecule has 10 aromatic rings. The minimum absolute atomic E-state index is 0.139. The van der Waals surface area contributed by atoms with Crippen molar-refractivity contribution in [1.29, 1.82) is 0 Å². The van der Waals surface area contributed by atoms with E-state index in [-0.39, 0.29) is 37.9 Å². The molecule has 0 spiro atoms. The van der Waals surface area contributed by atoms with Crippen molar-refractivity contribution in [1.82, 2.24) is 44.8 Å². The number of imidazole rings is 1. The molecule has 15 nitrogen and oxygen atoms in total. The van der Waals surface area contributed by atoms with Crippen LogP contribution in [0.15, 0.2) is 178 Å². The predicted molar refractivity (Wildman–Crippen MR) is 241 cm³/mol. The number of sulfone groups is 2. The Labute approximate surface area is 370 Å². The maximum atomic E-state index is 13.0. The summed E-state index contributed by atoms with van der Waals surface area (Å²) >= 11 is 1.39. The van der Waals surface area contributed by atoms with Crippen LogP contribution in [0.25, 0.3) is 37.7 Å². The summed E-state index contributed by atoms with van der Waals surface area (Å²) in [5.41, 5.74) is 3.46. The lowest BCUT2D eigenvalue weighted by Gasteiger charge is -2.08. The summed E-state index contributed by atoms with van der Waals surface area (Å²) in [5, 5.41) is 12.5. The van der Waals surface area contributed by atoms with Gasteiger partial charge in [0.2, 0.25) is 25.5 Å². The molecule has 0 bridgehead atoms. The Morgan fingerprint density at radius 3 is 2.02 bits per heavy atom. The van der Waals surface area contributed by atoms with Crippen LogP contribution in [0, 0.1) is 0 Å². The van der Waals surface area contributed by atoms with Gasteiger partial charge in [-0.3, -0.25) is 28.6 Å². The Bertz CT molecular complexity index is 3570. The number of thiophene rings is 1. The predicted octanol–water partition coefficient (Wildman–Crippen LogP) is 6.99. The van der Waals surface area contributed by atoms with Crippen LogP contribution in [-0.2, 0) is 39.8 Å². The van der Waals surface area contributed by atoms with Gasteiger partial charge in [-0.25, -0.2) is 26.8 Å². The Hall–Kier alpha value is -7.67. The van der Waals surface area contributed by atoms with E-state index >= 15 is 0 Å². The molecule has 64 heavy (non-hydrogen) atoms. The zero-order valence-electron chi connectivity index (χ0n) is 33.7. The van der Waals surface area contributed by atoms with E-state index in [1.54, 1.807) is 114 Å². The van der Waals surface area contributed by atoms with Gasteiger partial charge >= 0.3 is 0 Å². The first-order valence-corrected chi connectivity index (χ1v) is 23.3. The van der Waals surface area contributed by atoms with Gasteiger partial charge in [0.15, 0.2) is 0 Å². The standard InChI is InChI=1S/C23H17N5O3S.C23H18N4O3S2/c29-22(18-13-27-23-24-9-10-28(23)15-18)26-12-16-5-7-19(8-6-16)32(30,31)20-11-17-3-1-2-4-21(17)25-14-20;1-27-14-17-10-19(6-7-20(17)26-27)32(29,30)18-4-2-15(3-5-18)12-25-23(28)21-11-16-8-9-24-13-22(16)31-21/h1-11,13-15H,12H2,(H,26,29);2-11,13-14H,12H2,1H3,(H,25,28). The quantitative estimate of drug-likeness (QED) is 0.143. The van der Waals surface area contributed by atoms with E-state index in [0.29, 0.717) is 22.8 Å². The van der Waals surface area contributed by atoms with Crippen molar-refractivity contribution in [2.75, 3.05) is 0 Å². The number of rotatable bonds is 10. The molecule has 318 valence electrons. The highest BCUT2D eigenvalue weighted by atomic mass is 32.2. The molecule has 0 saturated carbocycles. The first-order valence-electron chi connectivity index (χ1n) is 19.6. The van der Waals surface area contributed by atoms with Gasteiger partial charge in [-0.15, -0.1) is 11.3 Å². The molecular weight excluding hydrogens is 871 g/mol. The first kappa shape index (κ1) is 41.7. The van der Waals surface area contributed by atoms with E-state index in [0.717, 1.165) is 43.0 Å². The number of hydrogen-bond donors (Lipinski definition) is 2. The molecule has 4 aromatic carbocycles. The molecule has 6 aromatic heterocycles. The van der Waals surface area contributed by atoms with Crippen molar-refractivity contribution in [3.8, 4) is 0 Å². The van der Waals surface area contributed by atoms with Crippen LogP contribution < -0.4 is 10.6 Å². The van der Waals surface area contributed by atoms with Gasteiger partial charge in [0.25, 0.3) is 11.8 Å². The number of amides is 2. The SMILES string of the molecule is Cn1cc2cc(S(=O)(=O)c3ccc(CNC(=O)c4cc5ccncc5s4)cc3)ccc2n1.O=C(NCc1ccc(S(=O)(=O)c2cnc3ccccc3c2)cc1)c1cnc2nccn2c1. The van der Waals surface area contributed by atoms with Crippen molar-refractivity contribution < 1.29 is 26.4 Å². The summed E-state index contributed by atoms with van der Waals surface area (Å²) in [5.74, 6) is 0.0552. The number of aryl methyl sites for hydroxylation is 1. The third kappa shape index (κ3) is 8.69. The fourth-order valence-electron chi connectivity index (χ4n) is 6.82. The highest BCUT2D eigenvalue weighted by molar-refractivity contribution is 7.91. The second-order valence-corrected chi connectivity index (χ2v) is 19.5. The van der Waals surface area contributed by atoms with Crippen LogP contribution in [0.2, 0.25) is 0 Å². The molecule has 6 heterocycles. The molecule has 2 amide bonds. The van der Waals surface area contributed by atoms with Crippen LogP contribution in [0.5, 0.6) is 0 Å². The lowest BCUT2D eigenvalue weighted by atomic mass is 10.2. The smallest absolute Gasteiger partial charge is 0.261 e. The fourth-order valence-corrected chi connectivity index (χ4v) is 10.3. The largest absolute Gasteiger partial charge is 0.348 e. The van der Waals surface area contributed by atoms with Crippen molar-refractivity contribution >= 4 is 80.5 Å². The second kappa shape index (κ2) is 17.2. The molecule has 2 N–H and O–H groups in total. The monoisotopic (exact) mass is 905 g/mol. The molecule has 0 unspecified atom stereocenters. The molecule has 0 aliphatic heterocycles. The summed E-state index contributed by atoms with van der Waals surface area (Å²) in [4.78, 5) is 42.7. The third-order valence-corrected chi connectivity index (χ3v) is 14.8. The number of fused-ring (bicyclic) bond motifs is 4. The number of nitrogens with one attached hydrogen (secondary N) is 2. The zero-order chi connectivity index (χ0) is 44.4. The molecule has 18 heteroatoms. The average molecular weight is 906 g/mol. The summed E-state index contributed by atoms with van der Waals surface area (Å²) in [6.45, 7) is 0.548. The maximum Gasteiger partial charge on any atom is 0.261 e. The molecule has 0 atom stereocenters. The van der Waals surface area contributed by atoms with Gasteiger partial charge in [-0.1, -0.05) is 42.5 Å². The number of carbonyl (C=O) groups is 2. The second-order valence-electron chi connectivity index (χ2n) is 14.5. The minimum atomic E-state index is -3.70. The topological polar surface area (TPSA) is 200 Å². The number of benzene rings is 4. The lowest BCUT2D eigenvalue weighted by molar-refractivity contribution is 0.0944.